The fourth-order valence-electron chi connectivity index (χ4n) is 0.662. The first-order chi connectivity index (χ1) is 5.82. The number of hydrogen-bond donors (Lipinski definition) is 1. The molecule has 0 aliphatic carbocycles. The number of nitrogens with two attached hydrogens (primary N) is 1. The molecule has 0 aliphatic heterocycles. The van der Waals surface area contributed by atoms with Gasteiger partial charge in [-0.1, -0.05) is 58.0 Å². The molecular formula is C6H3Cl5N2. The molecular weight excluding hydrogens is 277 g/mol. The lowest BCUT2D eigenvalue weighted by atomic mass is 10.3. The van der Waals surface area contributed by atoms with E-state index in [4.69, 9.17) is 63.7 Å². The highest BCUT2D eigenvalue weighted by Gasteiger charge is 2.26. The molecule has 1 aromatic rings. The van der Waals surface area contributed by atoms with Gasteiger partial charge in [-0.25, -0.2) is 4.98 Å². The summed E-state index contributed by atoms with van der Waals surface area (Å²) in [5.74, 6) is 0. The molecule has 1 aromatic heterocycles. The van der Waals surface area contributed by atoms with Crippen LogP contribution in [0.2, 0.25) is 10.2 Å². The molecule has 0 saturated heterocycles. The van der Waals surface area contributed by atoms with Gasteiger partial charge in [-0.05, 0) is 6.07 Å². The maximum absolute atomic E-state index is 5.65. The lowest BCUT2D eigenvalue weighted by Gasteiger charge is -2.11. The van der Waals surface area contributed by atoms with Gasteiger partial charge in [0.05, 0.1) is 11.4 Å². The second kappa shape index (κ2) is 3.87. The SMILES string of the molecule is Nc1cc(C(Cl)(Cl)Cl)nc(Cl)c1Cl. The molecule has 0 bridgehead atoms. The van der Waals surface area contributed by atoms with Crippen LogP contribution < -0.4 is 5.73 Å². The van der Waals surface area contributed by atoms with Gasteiger partial charge in [0, 0.05) is 0 Å². The van der Waals surface area contributed by atoms with Crippen LogP contribution in [0.1, 0.15) is 5.69 Å². The number of anilines is 1. The molecule has 0 aromatic carbocycles. The lowest BCUT2D eigenvalue weighted by Crippen LogP contribution is -2.05. The summed E-state index contributed by atoms with van der Waals surface area (Å²) >= 11 is 28.0. The molecule has 72 valence electrons. The zero-order chi connectivity index (χ0) is 10.2. The minimum absolute atomic E-state index is 0.0167. The van der Waals surface area contributed by atoms with Gasteiger partial charge in [-0.15, -0.1) is 0 Å². The van der Waals surface area contributed by atoms with Gasteiger partial charge in [0.1, 0.15) is 10.2 Å². The second-order valence-electron chi connectivity index (χ2n) is 2.20. The average Bonchev–Trinajstić information content (AvgIpc) is 1.97. The first-order valence-corrected chi connectivity index (χ1v) is 4.90. The molecule has 0 saturated carbocycles. The zero-order valence-corrected chi connectivity index (χ0v) is 9.77. The van der Waals surface area contributed by atoms with Crippen molar-refractivity contribution in [3.8, 4) is 0 Å². The van der Waals surface area contributed by atoms with Crippen LogP contribution in [0.4, 0.5) is 5.69 Å². The monoisotopic (exact) mass is 278 g/mol. The summed E-state index contributed by atoms with van der Waals surface area (Å²) in [4.78, 5) is 3.76. The van der Waals surface area contributed by atoms with E-state index in [0.29, 0.717) is 0 Å². The maximum Gasteiger partial charge on any atom is 0.232 e. The van der Waals surface area contributed by atoms with Crippen LogP contribution in [0.3, 0.4) is 0 Å². The third-order valence-electron chi connectivity index (χ3n) is 1.24. The molecule has 2 nitrogen and oxygen atoms in total. The molecule has 0 atom stereocenters. The van der Waals surface area contributed by atoms with E-state index in [1.54, 1.807) is 0 Å². The Morgan fingerprint density at radius 2 is 1.77 bits per heavy atom. The number of aromatic nitrogens is 1. The number of nitrogen functional groups attached to an aromatic ring is 1. The summed E-state index contributed by atoms with van der Waals surface area (Å²) in [6.45, 7) is 0. The lowest BCUT2D eigenvalue weighted by molar-refractivity contribution is 1.09. The number of nitrogens with zero attached hydrogens (tertiary/aromatic N) is 1. The average molecular weight is 280 g/mol. The van der Waals surface area contributed by atoms with E-state index in [0.717, 1.165) is 0 Å². The number of pyridine rings is 1. The van der Waals surface area contributed by atoms with Crippen molar-refractivity contribution in [3.63, 3.8) is 0 Å². The van der Waals surface area contributed by atoms with Crippen LogP contribution in [-0.4, -0.2) is 4.98 Å². The molecule has 0 spiro atoms. The van der Waals surface area contributed by atoms with Crippen LogP contribution in [-0.2, 0) is 3.79 Å². The Morgan fingerprint density at radius 3 is 2.15 bits per heavy atom. The van der Waals surface area contributed by atoms with Crippen molar-refractivity contribution >= 4 is 63.7 Å². The topological polar surface area (TPSA) is 38.9 Å². The Balaban J connectivity index is 3.29. The van der Waals surface area contributed by atoms with Gasteiger partial charge in [0.25, 0.3) is 0 Å². The van der Waals surface area contributed by atoms with Gasteiger partial charge in [0.15, 0.2) is 0 Å². The van der Waals surface area contributed by atoms with E-state index in [9.17, 15) is 0 Å². The van der Waals surface area contributed by atoms with E-state index < -0.39 is 3.79 Å². The van der Waals surface area contributed by atoms with E-state index in [1.165, 1.54) is 6.07 Å². The molecule has 0 aliphatic rings. The van der Waals surface area contributed by atoms with E-state index >= 15 is 0 Å². The fourth-order valence-corrected chi connectivity index (χ4v) is 1.25. The minimum Gasteiger partial charge on any atom is -0.397 e. The van der Waals surface area contributed by atoms with Crippen molar-refractivity contribution in [2.45, 2.75) is 3.79 Å². The number of rotatable bonds is 0. The Morgan fingerprint density at radius 1 is 1.23 bits per heavy atom. The molecule has 13 heavy (non-hydrogen) atoms. The predicted molar refractivity (Wildman–Crippen MR) is 57.9 cm³/mol. The Hall–Kier alpha value is 0.400. The van der Waals surface area contributed by atoms with E-state index in [1.807, 2.05) is 0 Å². The first kappa shape index (κ1) is 11.5. The van der Waals surface area contributed by atoms with E-state index in [2.05, 4.69) is 4.98 Å². The molecule has 0 amide bonds. The standard InChI is InChI=1S/C6H3Cl5N2/c7-4-2(12)1-3(6(9,10)11)13-5(4)8/h1H,(H2,12,13). The highest BCUT2D eigenvalue weighted by atomic mass is 35.6. The fraction of sp³-hybridized carbons (Fsp3) is 0.167. The molecule has 1 rings (SSSR count). The van der Waals surface area contributed by atoms with Crippen molar-refractivity contribution in [1.29, 1.82) is 0 Å². The van der Waals surface area contributed by atoms with Crippen LogP contribution in [0.15, 0.2) is 6.07 Å². The Kier molecular flexibility index (Phi) is 3.42. The van der Waals surface area contributed by atoms with Gasteiger partial charge < -0.3 is 5.73 Å². The summed E-state index contributed by atoms with van der Waals surface area (Å²) in [5.41, 5.74) is 5.85. The Bertz CT molecular complexity index is 309. The smallest absolute Gasteiger partial charge is 0.232 e. The number of alkyl halides is 3. The molecule has 0 radical (unpaired) electrons. The van der Waals surface area contributed by atoms with Crippen LogP contribution >= 0.6 is 58.0 Å². The zero-order valence-electron chi connectivity index (χ0n) is 5.99. The number of halogens is 5. The highest BCUT2D eigenvalue weighted by Crippen LogP contribution is 2.40. The molecule has 0 unspecified atom stereocenters. The van der Waals surface area contributed by atoms with Crippen molar-refractivity contribution in [1.82, 2.24) is 4.98 Å². The Labute approximate surface area is 99.9 Å². The summed E-state index contributed by atoms with van der Waals surface area (Å²) in [6.07, 6.45) is 0. The van der Waals surface area contributed by atoms with Crippen molar-refractivity contribution < 1.29 is 0 Å². The quantitative estimate of drug-likeness (QED) is 0.580. The highest BCUT2D eigenvalue weighted by molar-refractivity contribution is 6.66. The van der Waals surface area contributed by atoms with Crippen LogP contribution in [0.5, 0.6) is 0 Å². The summed E-state index contributed by atoms with van der Waals surface area (Å²) in [6, 6.07) is 1.36. The molecule has 1 heterocycles. The van der Waals surface area contributed by atoms with Crippen LogP contribution in [0.25, 0.3) is 0 Å². The van der Waals surface area contributed by atoms with Gasteiger partial charge in [-0.3, -0.25) is 0 Å². The van der Waals surface area contributed by atoms with Gasteiger partial charge in [-0.2, -0.15) is 0 Å². The summed E-state index contributed by atoms with van der Waals surface area (Å²) in [5, 5.41) is 0.169. The number of hydrogen-bond acceptors (Lipinski definition) is 2. The van der Waals surface area contributed by atoms with Crippen molar-refractivity contribution in [2.24, 2.45) is 0 Å². The van der Waals surface area contributed by atoms with Gasteiger partial charge >= 0.3 is 0 Å². The molecule has 7 heteroatoms. The molecule has 2 N–H and O–H groups in total. The second-order valence-corrected chi connectivity index (χ2v) is 5.22. The van der Waals surface area contributed by atoms with Crippen molar-refractivity contribution in [3.05, 3.63) is 21.9 Å². The predicted octanol–water partition coefficient (Wildman–Crippen LogP) is 3.80. The largest absolute Gasteiger partial charge is 0.397 e. The third kappa shape index (κ3) is 2.67. The first-order valence-electron chi connectivity index (χ1n) is 3.01. The maximum atomic E-state index is 5.65. The third-order valence-corrected chi connectivity index (χ3v) is 2.58. The minimum atomic E-state index is -1.65. The van der Waals surface area contributed by atoms with E-state index in [-0.39, 0.29) is 21.6 Å². The van der Waals surface area contributed by atoms with Crippen molar-refractivity contribution in [2.75, 3.05) is 5.73 Å². The molecule has 0 fully saturated rings. The van der Waals surface area contributed by atoms with Gasteiger partial charge in [0.2, 0.25) is 3.79 Å². The summed E-state index contributed by atoms with van der Waals surface area (Å²) in [7, 11) is 0. The summed E-state index contributed by atoms with van der Waals surface area (Å²) < 4.78 is -1.65. The van der Waals surface area contributed by atoms with Crippen LogP contribution in [0, 0.1) is 0 Å². The normalized spacial score (nSPS) is 11.8.